The molecule has 0 aliphatic carbocycles. The first-order chi connectivity index (χ1) is 9.26. The van der Waals surface area contributed by atoms with Gasteiger partial charge in [0.1, 0.15) is 5.82 Å². The maximum absolute atomic E-state index is 13.1. The predicted molar refractivity (Wildman–Crippen MR) is 65.8 cm³/mol. The number of hydrogen-bond acceptors (Lipinski definition) is 5. The number of hydrogen-bond donors (Lipinski definition) is 1. The molecule has 0 saturated carbocycles. The van der Waals surface area contributed by atoms with Gasteiger partial charge in [0.2, 0.25) is 11.7 Å². The Morgan fingerprint density at radius 1 is 1.47 bits per heavy atom. The van der Waals surface area contributed by atoms with Gasteiger partial charge in [0.25, 0.3) is 0 Å². The third kappa shape index (κ3) is 2.50. The van der Waals surface area contributed by atoms with Crippen LogP contribution in [0.5, 0.6) is 0 Å². The minimum absolute atomic E-state index is 0.000223. The van der Waals surface area contributed by atoms with Crippen LogP contribution in [0.3, 0.4) is 0 Å². The molecule has 0 bridgehead atoms. The highest BCUT2D eigenvalue weighted by Crippen LogP contribution is 2.25. The monoisotopic (exact) mass is 263 g/mol. The molecular formula is C13H14FN3O2. The topological polar surface area (TPSA) is 60.2 Å². The van der Waals surface area contributed by atoms with Crippen LogP contribution in [0.25, 0.3) is 11.4 Å². The second-order valence-electron chi connectivity index (χ2n) is 4.52. The summed E-state index contributed by atoms with van der Waals surface area (Å²) < 4.78 is 23.6. The maximum atomic E-state index is 13.1. The van der Waals surface area contributed by atoms with E-state index in [1.807, 2.05) is 0 Å². The molecule has 2 heterocycles. The Kier molecular flexibility index (Phi) is 3.27. The fourth-order valence-electron chi connectivity index (χ4n) is 2.19. The van der Waals surface area contributed by atoms with Crippen LogP contribution in [0.15, 0.2) is 28.8 Å². The summed E-state index contributed by atoms with van der Waals surface area (Å²) in [5.41, 5.74) is 0.608. The number of methoxy groups -OCH3 is 1. The van der Waals surface area contributed by atoms with Gasteiger partial charge in [0.15, 0.2) is 0 Å². The Hall–Kier alpha value is -1.79. The Labute approximate surface area is 109 Å². The third-order valence-corrected chi connectivity index (χ3v) is 3.25. The van der Waals surface area contributed by atoms with Gasteiger partial charge in [-0.15, -0.1) is 0 Å². The number of halogens is 1. The molecule has 1 aliphatic rings. The Morgan fingerprint density at radius 2 is 2.37 bits per heavy atom. The second kappa shape index (κ2) is 5.07. The van der Waals surface area contributed by atoms with Crippen LogP contribution >= 0.6 is 0 Å². The Balaban J connectivity index is 1.80. The SMILES string of the molecule is COC1CNC(c2nc(-c3cccc(F)c3)no2)C1. The first-order valence-electron chi connectivity index (χ1n) is 6.12. The molecule has 5 nitrogen and oxygen atoms in total. The summed E-state index contributed by atoms with van der Waals surface area (Å²) in [7, 11) is 1.68. The summed E-state index contributed by atoms with van der Waals surface area (Å²) in [5, 5.41) is 7.14. The number of aromatic nitrogens is 2. The normalized spacial score (nSPS) is 22.8. The molecule has 1 aliphatic heterocycles. The van der Waals surface area contributed by atoms with Crippen molar-refractivity contribution in [1.82, 2.24) is 15.5 Å². The van der Waals surface area contributed by atoms with E-state index in [1.165, 1.54) is 12.1 Å². The van der Waals surface area contributed by atoms with Gasteiger partial charge in [0, 0.05) is 19.2 Å². The van der Waals surface area contributed by atoms with Crippen LogP contribution in [0, 0.1) is 5.82 Å². The van der Waals surface area contributed by atoms with Gasteiger partial charge >= 0.3 is 0 Å². The molecule has 1 aromatic heterocycles. The summed E-state index contributed by atoms with van der Waals surface area (Å²) >= 11 is 0. The van der Waals surface area contributed by atoms with E-state index in [1.54, 1.807) is 19.2 Å². The van der Waals surface area contributed by atoms with Crippen LogP contribution in [0.4, 0.5) is 4.39 Å². The van der Waals surface area contributed by atoms with Crippen LogP contribution in [-0.4, -0.2) is 29.9 Å². The number of rotatable bonds is 3. The van der Waals surface area contributed by atoms with Gasteiger partial charge in [-0.25, -0.2) is 4.39 Å². The van der Waals surface area contributed by atoms with Gasteiger partial charge in [-0.1, -0.05) is 17.3 Å². The van der Waals surface area contributed by atoms with Crippen molar-refractivity contribution >= 4 is 0 Å². The zero-order valence-corrected chi connectivity index (χ0v) is 10.5. The molecule has 2 aromatic rings. The van der Waals surface area contributed by atoms with Gasteiger partial charge in [-0.3, -0.25) is 0 Å². The van der Waals surface area contributed by atoms with Crippen LogP contribution in [0.2, 0.25) is 0 Å². The van der Waals surface area contributed by atoms with Crippen molar-refractivity contribution in [2.24, 2.45) is 0 Å². The van der Waals surface area contributed by atoms with Gasteiger partial charge in [-0.05, 0) is 18.6 Å². The highest BCUT2D eigenvalue weighted by molar-refractivity contribution is 5.53. The highest BCUT2D eigenvalue weighted by atomic mass is 19.1. The maximum Gasteiger partial charge on any atom is 0.244 e. The molecule has 2 atom stereocenters. The first-order valence-corrected chi connectivity index (χ1v) is 6.12. The lowest BCUT2D eigenvalue weighted by atomic mass is 10.2. The fraction of sp³-hybridized carbons (Fsp3) is 0.385. The molecule has 1 saturated heterocycles. The van der Waals surface area contributed by atoms with Gasteiger partial charge in [-0.2, -0.15) is 4.98 Å². The smallest absolute Gasteiger partial charge is 0.244 e. The summed E-state index contributed by atoms with van der Waals surface area (Å²) in [6.45, 7) is 0.763. The summed E-state index contributed by atoms with van der Waals surface area (Å²) in [5.74, 6) is 0.596. The number of nitrogens with one attached hydrogen (secondary N) is 1. The molecule has 6 heteroatoms. The van der Waals surface area contributed by atoms with E-state index < -0.39 is 0 Å². The number of benzene rings is 1. The van der Waals surface area contributed by atoms with Crippen molar-refractivity contribution in [3.63, 3.8) is 0 Å². The van der Waals surface area contributed by atoms with Crippen LogP contribution < -0.4 is 5.32 Å². The zero-order valence-electron chi connectivity index (χ0n) is 10.5. The molecule has 1 aromatic carbocycles. The minimum atomic E-state index is -0.317. The first kappa shape index (κ1) is 12.3. The lowest BCUT2D eigenvalue weighted by Crippen LogP contribution is -2.16. The lowest BCUT2D eigenvalue weighted by molar-refractivity contribution is 0.116. The average molecular weight is 263 g/mol. The summed E-state index contributed by atoms with van der Waals surface area (Å²) in [6, 6.07) is 6.13. The van der Waals surface area contributed by atoms with E-state index >= 15 is 0 Å². The number of ether oxygens (including phenoxy) is 1. The number of nitrogens with zero attached hydrogens (tertiary/aromatic N) is 2. The van der Waals surface area contributed by atoms with E-state index in [9.17, 15) is 4.39 Å². The fourth-order valence-corrected chi connectivity index (χ4v) is 2.19. The van der Waals surface area contributed by atoms with Crippen molar-refractivity contribution in [3.8, 4) is 11.4 Å². The van der Waals surface area contributed by atoms with Crippen LogP contribution in [0.1, 0.15) is 18.4 Å². The highest BCUT2D eigenvalue weighted by Gasteiger charge is 2.29. The van der Waals surface area contributed by atoms with Crippen molar-refractivity contribution in [2.75, 3.05) is 13.7 Å². The Morgan fingerprint density at radius 3 is 3.11 bits per heavy atom. The molecule has 0 amide bonds. The van der Waals surface area contributed by atoms with E-state index in [0.29, 0.717) is 17.3 Å². The average Bonchev–Trinajstić information content (AvgIpc) is 3.07. The van der Waals surface area contributed by atoms with E-state index in [2.05, 4.69) is 15.5 Å². The standard InChI is InChI=1S/C13H14FN3O2/c1-18-10-6-11(15-7-10)13-16-12(17-19-13)8-3-2-4-9(14)5-8/h2-5,10-11,15H,6-7H2,1H3. The predicted octanol–water partition coefficient (Wildman–Crippen LogP) is 1.93. The van der Waals surface area contributed by atoms with Crippen molar-refractivity contribution in [2.45, 2.75) is 18.6 Å². The van der Waals surface area contributed by atoms with Crippen molar-refractivity contribution in [1.29, 1.82) is 0 Å². The van der Waals surface area contributed by atoms with Crippen molar-refractivity contribution < 1.29 is 13.7 Å². The molecule has 0 spiro atoms. The molecule has 19 heavy (non-hydrogen) atoms. The molecule has 1 N–H and O–H groups in total. The summed E-state index contributed by atoms with van der Waals surface area (Å²) in [6.07, 6.45) is 0.955. The Bertz CT molecular complexity index is 573. The molecule has 3 rings (SSSR count). The molecule has 100 valence electrons. The van der Waals surface area contributed by atoms with Crippen molar-refractivity contribution in [3.05, 3.63) is 36.0 Å². The van der Waals surface area contributed by atoms with E-state index in [0.717, 1.165) is 13.0 Å². The molecule has 1 fully saturated rings. The van der Waals surface area contributed by atoms with E-state index in [4.69, 9.17) is 9.26 Å². The molecular weight excluding hydrogens is 249 g/mol. The largest absolute Gasteiger partial charge is 0.380 e. The molecule has 2 unspecified atom stereocenters. The summed E-state index contributed by atoms with van der Waals surface area (Å²) in [4.78, 5) is 4.31. The second-order valence-corrected chi connectivity index (χ2v) is 4.52. The van der Waals surface area contributed by atoms with Gasteiger partial charge in [0.05, 0.1) is 12.1 Å². The molecule has 0 radical (unpaired) electrons. The lowest BCUT2D eigenvalue weighted by Gasteiger charge is -2.04. The van der Waals surface area contributed by atoms with Gasteiger partial charge < -0.3 is 14.6 Å². The third-order valence-electron chi connectivity index (χ3n) is 3.25. The minimum Gasteiger partial charge on any atom is -0.380 e. The van der Waals surface area contributed by atoms with E-state index in [-0.39, 0.29) is 18.0 Å². The van der Waals surface area contributed by atoms with Crippen LogP contribution in [-0.2, 0) is 4.74 Å². The quantitative estimate of drug-likeness (QED) is 0.916. The zero-order chi connectivity index (χ0) is 13.2.